The van der Waals surface area contributed by atoms with Crippen molar-refractivity contribution in [1.29, 1.82) is 0 Å². The molecule has 0 atom stereocenters. The van der Waals surface area contributed by atoms with Crippen LogP contribution in [0.2, 0.25) is 0 Å². The molecule has 18 heavy (non-hydrogen) atoms. The largest absolute Gasteiger partial charge is 0.495 e. The van der Waals surface area contributed by atoms with Gasteiger partial charge in [0.25, 0.3) is 0 Å². The first-order valence-corrected chi connectivity index (χ1v) is 5.71. The molecule has 0 saturated carbocycles. The monoisotopic (exact) mass is 271 g/mol. The third-order valence-corrected chi connectivity index (χ3v) is 3.49. The SMILES string of the molecule is COc1cc(B2OC(C)(C)C(C)(C)O2)ccn1.Cl. The molecule has 0 unspecified atom stereocenters. The Hall–Kier alpha value is -0.775. The smallest absolute Gasteiger partial charge is 0.481 e. The van der Waals surface area contributed by atoms with E-state index in [0.717, 1.165) is 5.46 Å². The van der Waals surface area contributed by atoms with Crippen molar-refractivity contribution in [3.8, 4) is 5.88 Å². The summed E-state index contributed by atoms with van der Waals surface area (Å²) >= 11 is 0. The number of aromatic nitrogens is 1. The van der Waals surface area contributed by atoms with E-state index in [-0.39, 0.29) is 30.7 Å². The van der Waals surface area contributed by atoms with Gasteiger partial charge in [-0.15, -0.1) is 12.4 Å². The van der Waals surface area contributed by atoms with E-state index in [1.54, 1.807) is 13.3 Å². The minimum atomic E-state index is -0.364. The van der Waals surface area contributed by atoms with Crippen LogP contribution in [0.25, 0.3) is 0 Å². The molecule has 1 fully saturated rings. The van der Waals surface area contributed by atoms with E-state index in [9.17, 15) is 0 Å². The second-order valence-corrected chi connectivity index (χ2v) is 5.22. The van der Waals surface area contributed by atoms with Crippen LogP contribution >= 0.6 is 12.4 Å². The Balaban J connectivity index is 0.00000162. The van der Waals surface area contributed by atoms with Crippen LogP contribution in [0, 0.1) is 0 Å². The number of pyridine rings is 1. The fourth-order valence-corrected chi connectivity index (χ4v) is 1.66. The zero-order valence-electron chi connectivity index (χ0n) is 11.4. The maximum Gasteiger partial charge on any atom is 0.495 e. The summed E-state index contributed by atoms with van der Waals surface area (Å²) < 4.78 is 17.0. The number of hydrogen-bond acceptors (Lipinski definition) is 4. The highest BCUT2D eigenvalue weighted by atomic mass is 35.5. The van der Waals surface area contributed by atoms with Gasteiger partial charge in [-0.2, -0.15) is 0 Å². The molecule has 4 nitrogen and oxygen atoms in total. The van der Waals surface area contributed by atoms with Crippen LogP contribution in [0.5, 0.6) is 5.88 Å². The topological polar surface area (TPSA) is 40.6 Å². The van der Waals surface area contributed by atoms with Gasteiger partial charge in [0.2, 0.25) is 5.88 Å². The number of rotatable bonds is 2. The van der Waals surface area contributed by atoms with Gasteiger partial charge in [0.05, 0.1) is 18.3 Å². The highest BCUT2D eigenvalue weighted by Crippen LogP contribution is 2.36. The maximum absolute atomic E-state index is 5.94. The van der Waals surface area contributed by atoms with E-state index in [4.69, 9.17) is 14.0 Å². The van der Waals surface area contributed by atoms with E-state index in [0.29, 0.717) is 5.88 Å². The minimum absolute atomic E-state index is 0. The maximum atomic E-state index is 5.94. The molecule has 1 aliphatic rings. The summed E-state index contributed by atoms with van der Waals surface area (Å²) in [4.78, 5) is 4.07. The molecule has 100 valence electrons. The summed E-state index contributed by atoms with van der Waals surface area (Å²) in [5.74, 6) is 0.567. The molecular weight excluding hydrogens is 252 g/mol. The van der Waals surface area contributed by atoms with E-state index in [1.165, 1.54) is 0 Å². The molecule has 0 amide bonds. The Labute approximate surface area is 115 Å². The Kier molecular flexibility index (Phi) is 4.31. The molecule has 1 aliphatic heterocycles. The molecule has 0 aliphatic carbocycles. The first-order chi connectivity index (χ1) is 7.86. The second kappa shape index (κ2) is 5.07. The van der Waals surface area contributed by atoms with E-state index < -0.39 is 0 Å². The van der Waals surface area contributed by atoms with Crippen molar-refractivity contribution in [3.63, 3.8) is 0 Å². The van der Waals surface area contributed by atoms with Gasteiger partial charge in [-0.1, -0.05) is 0 Å². The van der Waals surface area contributed by atoms with E-state index in [2.05, 4.69) is 4.98 Å². The van der Waals surface area contributed by atoms with Crippen LogP contribution in [0.15, 0.2) is 18.3 Å². The van der Waals surface area contributed by atoms with Gasteiger partial charge >= 0.3 is 7.12 Å². The van der Waals surface area contributed by atoms with Crippen molar-refractivity contribution in [2.45, 2.75) is 38.9 Å². The zero-order chi connectivity index (χ0) is 12.7. The number of ether oxygens (including phenoxy) is 1. The summed E-state index contributed by atoms with van der Waals surface area (Å²) in [6.07, 6.45) is 1.69. The summed E-state index contributed by atoms with van der Waals surface area (Å²) in [5.41, 5.74) is 0.276. The molecule has 1 saturated heterocycles. The predicted molar refractivity (Wildman–Crippen MR) is 73.8 cm³/mol. The first-order valence-electron chi connectivity index (χ1n) is 5.71. The Morgan fingerprint density at radius 2 is 1.72 bits per heavy atom. The van der Waals surface area contributed by atoms with Crippen molar-refractivity contribution >= 4 is 25.0 Å². The zero-order valence-corrected chi connectivity index (χ0v) is 12.2. The molecular formula is C12H19BClNO3. The summed E-state index contributed by atoms with van der Waals surface area (Å²) in [7, 11) is 1.23. The second-order valence-electron chi connectivity index (χ2n) is 5.22. The van der Waals surface area contributed by atoms with Gasteiger partial charge in [0.15, 0.2) is 0 Å². The van der Waals surface area contributed by atoms with Gasteiger partial charge in [-0.25, -0.2) is 4.98 Å². The minimum Gasteiger partial charge on any atom is -0.481 e. The quantitative estimate of drug-likeness (QED) is 0.769. The fraction of sp³-hybridized carbons (Fsp3) is 0.583. The van der Waals surface area contributed by atoms with Gasteiger partial charge in [-0.05, 0) is 39.2 Å². The molecule has 1 aromatic rings. The van der Waals surface area contributed by atoms with Crippen molar-refractivity contribution in [2.24, 2.45) is 0 Å². The first kappa shape index (κ1) is 15.3. The highest BCUT2D eigenvalue weighted by Gasteiger charge is 2.51. The van der Waals surface area contributed by atoms with Crippen molar-refractivity contribution < 1.29 is 14.0 Å². The van der Waals surface area contributed by atoms with Crippen LogP contribution in [0.1, 0.15) is 27.7 Å². The summed E-state index contributed by atoms with van der Waals surface area (Å²) in [6.45, 7) is 8.13. The number of halogens is 1. The predicted octanol–water partition coefficient (Wildman–Crippen LogP) is 1.81. The Morgan fingerprint density at radius 3 is 2.22 bits per heavy atom. The average molecular weight is 272 g/mol. The standard InChI is InChI=1S/C12H18BNO3.ClH/c1-11(2)12(3,4)17-13(16-11)9-6-7-14-10(8-9)15-5;/h6-8H,1-5H3;1H. The van der Waals surface area contributed by atoms with Crippen molar-refractivity contribution in [2.75, 3.05) is 7.11 Å². The number of nitrogens with zero attached hydrogens (tertiary/aromatic N) is 1. The summed E-state index contributed by atoms with van der Waals surface area (Å²) in [5, 5.41) is 0. The lowest BCUT2D eigenvalue weighted by molar-refractivity contribution is 0.00578. The molecule has 0 aromatic carbocycles. The van der Waals surface area contributed by atoms with Crippen molar-refractivity contribution in [3.05, 3.63) is 18.3 Å². The molecule has 2 rings (SSSR count). The van der Waals surface area contributed by atoms with Crippen LogP contribution in [-0.2, 0) is 9.31 Å². The number of methoxy groups -OCH3 is 1. The third kappa shape index (κ3) is 2.63. The fourth-order valence-electron chi connectivity index (χ4n) is 1.66. The summed E-state index contributed by atoms with van der Waals surface area (Å²) in [6, 6.07) is 3.72. The van der Waals surface area contributed by atoms with Gasteiger partial charge < -0.3 is 14.0 Å². The third-order valence-electron chi connectivity index (χ3n) is 3.49. The normalized spacial score (nSPS) is 20.4. The van der Waals surface area contributed by atoms with E-state index in [1.807, 2.05) is 39.8 Å². The molecule has 1 aromatic heterocycles. The lowest BCUT2D eigenvalue weighted by Crippen LogP contribution is -2.41. The average Bonchev–Trinajstić information content (AvgIpc) is 2.48. The van der Waals surface area contributed by atoms with Gasteiger partial charge in [0, 0.05) is 12.3 Å². The molecule has 6 heteroatoms. The van der Waals surface area contributed by atoms with Gasteiger partial charge in [0.1, 0.15) is 0 Å². The molecule has 0 radical (unpaired) electrons. The molecule has 0 bridgehead atoms. The molecule has 2 heterocycles. The lowest BCUT2D eigenvalue weighted by atomic mass is 9.80. The van der Waals surface area contributed by atoms with Crippen LogP contribution in [0.4, 0.5) is 0 Å². The van der Waals surface area contributed by atoms with E-state index >= 15 is 0 Å². The van der Waals surface area contributed by atoms with Crippen LogP contribution < -0.4 is 10.2 Å². The lowest BCUT2D eigenvalue weighted by Gasteiger charge is -2.32. The Bertz CT molecular complexity index is 410. The number of hydrogen-bond donors (Lipinski definition) is 0. The molecule has 0 N–H and O–H groups in total. The van der Waals surface area contributed by atoms with Crippen molar-refractivity contribution in [1.82, 2.24) is 4.98 Å². The van der Waals surface area contributed by atoms with Gasteiger partial charge in [-0.3, -0.25) is 0 Å². The van der Waals surface area contributed by atoms with Crippen LogP contribution in [0.3, 0.4) is 0 Å². The molecule has 0 spiro atoms. The Morgan fingerprint density at radius 1 is 1.17 bits per heavy atom. The van der Waals surface area contributed by atoms with Crippen LogP contribution in [-0.4, -0.2) is 30.4 Å². The highest BCUT2D eigenvalue weighted by molar-refractivity contribution is 6.62.